The Kier molecular flexibility index (Phi) is 6.85. The molecule has 1 atom stereocenters. The molecule has 2 aromatic carbocycles. The van der Waals surface area contributed by atoms with Crippen LogP contribution in [-0.4, -0.2) is 48.4 Å². The minimum atomic E-state index is -3.13. The van der Waals surface area contributed by atoms with E-state index in [-0.39, 0.29) is 30.1 Å². The predicted molar refractivity (Wildman–Crippen MR) is 123 cm³/mol. The number of hydrogen-bond acceptors (Lipinski definition) is 5. The fourth-order valence-electron chi connectivity index (χ4n) is 3.96. The van der Waals surface area contributed by atoms with Crippen molar-refractivity contribution in [1.29, 1.82) is 0 Å². The van der Waals surface area contributed by atoms with E-state index in [4.69, 9.17) is 4.74 Å². The van der Waals surface area contributed by atoms with Crippen molar-refractivity contribution >= 4 is 15.7 Å². The van der Waals surface area contributed by atoms with Crippen LogP contribution in [0.4, 0.5) is 0 Å². The van der Waals surface area contributed by atoms with Crippen LogP contribution in [0.25, 0.3) is 0 Å². The largest absolute Gasteiger partial charge is 0.483 e. The van der Waals surface area contributed by atoms with Crippen LogP contribution in [-0.2, 0) is 27.6 Å². The first-order chi connectivity index (χ1) is 15.5. The summed E-state index contributed by atoms with van der Waals surface area (Å²) in [6, 6.07) is 21.1. The normalized spacial score (nSPS) is 17.1. The van der Waals surface area contributed by atoms with Crippen LogP contribution in [0.5, 0.6) is 5.75 Å². The first-order valence-electron chi connectivity index (χ1n) is 10.6. The molecule has 0 radical (unpaired) electrons. The molecule has 166 valence electrons. The molecule has 0 saturated carbocycles. The molecule has 1 saturated heterocycles. The van der Waals surface area contributed by atoms with Gasteiger partial charge in [-0.05, 0) is 35.2 Å². The van der Waals surface area contributed by atoms with Gasteiger partial charge in [-0.1, -0.05) is 54.6 Å². The number of sulfone groups is 1. The molecule has 0 aliphatic carbocycles. The highest BCUT2D eigenvalue weighted by atomic mass is 32.2. The van der Waals surface area contributed by atoms with E-state index in [0.717, 1.165) is 16.7 Å². The van der Waals surface area contributed by atoms with Crippen LogP contribution in [0, 0.1) is 0 Å². The van der Waals surface area contributed by atoms with Crippen LogP contribution in [0.1, 0.15) is 23.1 Å². The lowest BCUT2D eigenvalue weighted by molar-refractivity contribution is -0.136. The average molecular weight is 451 g/mol. The molecule has 6 nitrogen and oxygen atoms in total. The van der Waals surface area contributed by atoms with Crippen molar-refractivity contribution in [2.24, 2.45) is 0 Å². The van der Waals surface area contributed by atoms with Gasteiger partial charge < -0.3 is 9.64 Å². The van der Waals surface area contributed by atoms with Crippen LogP contribution >= 0.6 is 0 Å². The number of para-hydroxylation sites is 1. The standard InChI is InChI=1S/C25H26N2O4S/c28-25(18-31-24-11-5-4-10-22(24)15-20-7-2-1-3-8-20)27(17-21-9-6-13-26-16-21)23-12-14-32(29,30)19-23/h1-11,13,16,23H,12,14-15,17-19H2. The van der Waals surface area contributed by atoms with Gasteiger partial charge in [0.25, 0.3) is 5.91 Å². The Morgan fingerprint density at radius 3 is 2.47 bits per heavy atom. The van der Waals surface area contributed by atoms with Crippen LogP contribution < -0.4 is 4.74 Å². The molecule has 1 amide bonds. The third-order valence-corrected chi connectivity index (χ3v) is 7.36. The summed E-state index contributed by atoms with van der Waals surface area (Å²) in [4.78, 5) is 18.9. The Balaban J connectivity index is 1.48. The summed E-state index contributed by atoms with van der Waals surface area (Å²) in [7, 11) is -3.13. The van der Waals surface area contributed by atoms with Gasteiger partial charge in [-0.3, -0.25) is 9.78 Å². The number of rotatable bonds is 8. The smallest absolute Gasteiger partial charge is 0.261 e. The van der Waals surface area contributed by atoms with E-state index in [1.165, 1.54) is 0 Å². The molecule has 3 aromatic rings. The van der Waals surface area contributed by atoms with E-state index >= 15 is 0 Å². The number of pyridine rings is 1. The maximum absolute atomic E-state index is 13.2. The first kappa shape index (κ1) is 22.0. The number of carbonyl (C=O) groups excluding carboxylic acids is 1. The lowest BCUT2D eigenvalue weighted by atomic mass is 10.0. The number of hydrogen-bond donors (Lipinski definition) is 0. The highest BCUT2D eigenvalue weighted by Crippen LogP contribution is 2.23. The van der Waals surface area contributed by atoms with Gasteiger partial charge in [-0.15, -0.1) is 0 Å². The molecule has 0 bridgehead atoms. The maximum atomic E-state index is 13.2. The number of aromatic nitrogens is 1. The molecular weight excluding hydrogens is 424 g/mol. The molecular formula is C25H26N2O4S. The monoisotopic (exact) mass is 450 g/mol. The van der Waals surface area contributed by atoms with Gasteiger partial charge in [0, 0.05) is 31.4 Å². The predicted octanol–water partition coefficient (Wildman–Crippen LogP) is 3.27. The zero-order chi connectivity index (χ0) is 22.4. The number of carbonyl (C=O) groups is 1. The van der Waals surface area contributed by atoms with Gasteiger partial charge in [0.1, 0.15) is 5.75 Å². The van der Waals surface area contributed by atoms with Gasteiger partial charge >= 0.3 is 0 Å². The van der Waals surface area contributed by atoms with Crippen molar-refractivity contribution < 1.29 is 17.9 Å². The molecule has 1 aliphatic rings. The number of ether oxygens (including phenoxy) is 1. The third kappa shape index (κ3) is 5.73. The Morgan fingerprint density at radius 2 is 1.75 bits per heavy atom. The lowest BCUT2D eigenvalue weighted by Crippen LogP contribution is -2.43. The summed E-state index contributed by atoms with van der Waals surface area (Å²) in [6.07, 6.45) is 4.51. The van der Waals surface area contributed by atoms with Crippen molar-refractivity contribution in [3.05, 3.63) is 95.8 Å². The Hall–Kier alpha value is -3.19. The summed E-state index contributed by atoms with van der Waals surface area (Å²) >= 11 is 0. The zero-order valence-electron chi connectivity index (χ0n) is 17.8. The maximum Gasteiger partial charge on any atom is 0.261 e. The lowest BCUT2D eigenvalue weighted by Gasteiger charge is -2.28. The molecule has 7 heteroatoms. The van der Waals surface area contributed by atoms with Crippen molar-refractivity contribution in [3.63, 3.8) is 0 Å². The van der Waals surface area contributed by atoms with Gasteiger partial charge in [0.2, 0.25) is 0 Å². The third-order valence-electron chi connectivity index (χ3n) is 5.61. The molecule has 2 heterocycles. The number of nitrogens with zero attached hydrogens (tertiary/aromatic N) is 2. The summed E-state index contributed by atoms with van der Waals surface area (Å²) in [6.45, 7) is 0.157. The van der Waals surface area contributed by atoms with Crippen LogP contribution in [0.2, 0.25) is 0 Å². The molecule has 1 aromatic heterocycles. The molecule has 32 heavy (non-hydrogen) atoms. The minimum Gasteiger partial charge on any atom is -0.483 e. The molecule has 1 unspecified atom stereocenters. The van der Waals surface area contributed by atoms with E-state index in [9.17, 15) is 13.2 Å². The highest BCUT2D eigenvalue weighted by Gasteiger charge is 2.34. The summed E-state index contributed by atoms with van der Waals surface area (Å²) in [5.41, 5.74) is 3.01. The Bertz CT molecular complexity index is 1150. The van der Waals surface area contributed by atoms with Crippen molar-refractivity contribution in [2.45, 2.75) is 25.4 Å². The van der Waals surface area contributed by atoms with Gasteiger partial charge in [0.15, 0.2) is 16.4 Å². The number of amides is 1. The van der Waals surface area contributed by atoms with E-state index in [2.05, 4.69) is 17.1 Å². The highest BCUT2D eigenvalue weighted by molar-refractivity contribution is 7.91. The zero-order valence-corrected chi connectivity index (χ0v) is 18.6. The summed E-state index contributed by atoms with van der Waals surface area (Å²) in [5, 5.41) is 0. The molecule has 1 aliphatic heterocycles. The molecule has 0 N–H and O–H groups in total. The fourth-order valence-corrected chi connectivity index (χ4v) is 5.69. The molecule has 1 fully saturated rings. The molecule has 4 rings (SSSR count). The number of benzene rings is 2. The summed E-state index contributed by atoms with van der Waals surface area (Å²) < 4.78 is 30.0. The fraction of sp³-hybridized carbons (Fsp3) is 0.280. The van der Waals surface area contributed by atoms with Crippen molar-refractivity contribution in [1.82, 2.24) is 9.88 Å². The van der Waals surface area contributed by atoms with E-state index < -0.39 is 9.84 Å². The minimum absolute atomic E-state index is 0.0103. The average Bonchev–Trinajstić information content (AvgIpc) is 3.17. The van der Waals surface area contributed by atoms with Gasteiger partial charge in [0.05, 0.1) is 11.5 Å². The van der Waals surface area contributed by atoms with Gasteiger partial charge in [-0.2, -0.15) is 0 Å². The van der Waals surface area contributed by atoms with Crippen molar-refractivity contribution in [2.75, 3.05) is 18.1 Å². The van der Waals surface area contributed by atoms with Crippen molar-refractivity contribution in [3.8, 4) is 5.75 Å². The van der Waals surface area contributed by atoms with E-state index in [0.29, 0.717) is 25.1 Å². The topological polar surface area (TPSA) is 76.6 Å². The van der Waals surface area contributed by atoms with Crippen LogP contribution in [0.3, 0.4) is 0 Å². The quantitative estimate of drug-likeness (QED) is 0.527. The van der Waals surface area contributed by atoms with Crippen LogP contribution in [0.15, 0.2) is 79.1 Å². The van der Waals surface area contributed by atoms with E-state index in [1.807, 2.05) is 48.5 Å². The summed E-state index contributed by atoms with van der Waals surface area (Å²) in [5.74, 6) is 0.523. The first-order valence-corrected chi connectivity index (χ1v) is 12.5. The second-order valence-electron chi connectivity index (χ2n) is 8.00. The van der Waals surface area contributed by atoms with Gasteiger partial charge in [-0.25, -0.2) is 8.42 Å². The molecule has 0 spiro atoms. The Morgan fingerprint density at radius 1 is 1.00 bits per heavy atom. The second-order valence-corrected chi connectivity index (χ2v) is 10.2. The second kappa shape index (κ2) is 9.96. The Labute approximate surface area is 188 Å². The SMILES string of the molecule is O=C(COc1ccccc1Cc1ccccc1)N(Cc1cccnc1)C1CCS(=O)(=O)C1. The van der Waals surface area contributed by atoms with E-state index in [1.54, 1.807) is 23.4 Å².